The van der Waals surface area contributed by atoms with E-state index in [9.17, 15) is 4.79 Å². The fourth-order valence-corrected chi connectivity index (χ4v) is 0.704. The molecule has 0 unspecified atom stereocenters. The Balaban J connectivity index is 0.000000336. The second kappa shape index (κ2) is 9.18. The average molecular weight is 210 g/mol. The normalized spacial score (nSPS) is 9.07. The smallest absolute Gasteiger partial charge is 0.293 e. The minimum Gasteiger partial charge on any atom is -0.463 e. The van der Waals surface area contributed by atoms with Crippen molar-refractivity contribution in [2.24, 2.45) is 5.84 Å². The van der Waals surface area contributed by atoms with Gasteiger partial charge in [0.25, 0.3) is 6.47 Å². The quantitative estimate of drug-likeness (QED) is 0.445. The van der Waals surface area contributed by atoms with Gasteiger partial charge in [-0.3, -0.25) is 16.1 Å². The minimum absolute atomic E-state index is 0.365. The Kier molecular flexibility index (Phi) is 8.33. The van der Waals surface area contributed by atoms with Crippen LogP contribution in [0.25, 0.3) is 0 Å². The van der Waals surface area contributed by atoms with Gasteiger partial charge >= 0.3 is 0 Å². The Labute approximate surface area is 90.4 Å². The van der Waals surface area contributed by atoms with Crippen LogP contribution in [-0.2, 0) is 16.1 Å². The van der Waals surface area contributed by atoms with E-state index in [1.54, 1.807) is 0 Å². The summed E-state index contributed by atoms with van der Waals surface area (Å²) in [5.74, 6) is 4.92. The minimum atomic E-state index is 0.365. The van der Waals surface area contributed by atoms with Crippen molar-refractivity contribution in [3.63, 3.8) is 0 Å². The molecular formula is C11H18N2O2. The highest BCUT2D eigenvalue weighted by Crippen LogP contribution is 1.98. The maximum Gasteiger partial charge on any atom is 0.293 e. The van der Waals surface area contributed by atoms with E-state index in [1.807, 2.05) is 44.2 Å². The first-order chi connectivity index (χ1) is 7.20. The van der Waals surface area contributed by atoms with E-state index in [2.05, 4.69) is 10.2 Å². The number of benzene rings is 1. The van der Waals surface area contributed by atoms with Gasteiger partial charge in [-0.25, -0.2) is 0 Å². The topological polar surface area (TPSA) is 64.3 Å². The van der Waals surface area contributed by atoms with E-state index in [1.165, 1.54) is 0 Å². The Hall–Kier alpha value is -1.39. The zero-order chi connectivity index (χ0) is 11.5. The van der Waals surface area contributed by atoms with E-state index in [0.717, 1.165) is 5.56 Å². The molecule has 4 heteroatoms. The Morgan fingerprint density at radius 2 is 1.93 bits per heavy atom. The lowest BCUT2D eigenvalue weighted by atomic mass is 10.2. The first-order valence-electron chi connectivity index (χ1n) is 4.76. The van der Waals surface area contributed by atoms with Gasteiger partial charge in [0.15, 0.2) is 0 Å². The van der Waals surface area contributed by atoms with Crippen LogP contribution < -0.4 is 11.3 Å². The largest absolute Gasteiger partial charge is 0.463 e. The van der Waals surface area contributed by atoms with Crippen LogP contribution in [0, 0.1) is 0 Å². The maximum atomic E-state index is 9.76. The summed E-state index contributed by atoms with van der Waals surface area (Å²) in [5.41, 5.74) is 3.54. The molecule has 0 heterocycles. The number of ether oxygens (including phenoxy) is 1. The lowest BCUT2D eigenvalue weighted by Crippen LogP contribution is -2.29. The van der Waals surface area contributed by atoms with Gasteiger partial charge in [0.1, 0.15) is 6.61 Å². The van der Waals surface area contributed by atoms with Crippen LogP contribution in [0.2, 0.25) is 0 Å². The Morgan fingerprint density at radius 1 is 1.40 bits per heavy atom. The van der Waals surface area contributed by atoms with E-state index < -0.39 is 0 Å². The van der Waals surface area contributed by atoms with Gasteiger partial charge < -0.3 is 4.74 Å². The van der Waals surface area contributed by atoms with Crippen molar-refractivity contribution in [1.29, 1.82) is 0 Å². The molecule has 84 valence electrons. The van der Waals surface area contributed by atoms with Crippen molar-refractivity contribution in [2.45, 2.75) is 26.5 Å². The van der Waals surface area contributed by atoms with Crippen molar-refractivity contribution in [1.82, 2.24) is 5.43 Å². The average Bonchev–Trinajstić information content (AvgIpc) is 2.28. The molecule has 0 radical (unpaired) electrons. The summed E-state index contributed by atoms with van der Waals surface area (Å²) < 4.78 is 4.54. The third-order valence-electron chi connectivity index (χ3n) is 1.49. The lowest BCUT2D eigenvalue weighted by Gasteiger charge is -1.95. The molecule has 0 aromatic heterocycles. The summed E-state index contributed by atoms with van der Waals surface area (Å²) >= 11 is 0. The van der Waals surface area contributed by atoms with Crippen LogP contribution in [0.5, 0.6) is 0 Å². The summed E-state index contributed by atoms with van der Waals surface area (Å²) in [5, 5.41) is 0. The molecule has 0 fully saturated rings. The Morgan fingerprint density at radius 3 is 2.33 bits per heavy atom. The fraction of sp³-hybridized carbons (Fsp3) is 0.364. The molecule has 4 nitrogen and oxygen atoms in total. The second-order valence-corrected chi connectivity index (χ2v) is 3.21. The van der Waals surface area contributed by atoms with Gasteiger partial charge in [-0.1, -0.05) is 30.3 Å². The van der Waals surface area contributed by atoms with Crippen LogP contribution in [0.15, 0.2) is 30.3 Å². The summed E-state index contributed by atoms with van der Waals surface area (Å²) in [6, 6.07) is 9.96. The zero-order valence-corrected chi connectivity index (χ0v) is 9.14. The summed E-state index contributed by atoms with van der Waals surface area (Å²) in [7, 11) is 0. The maximum absolute atomic E-state index is 9.76. The lowest BCUT2D eigenvalue weighted by molar-refractivity contribution is -0.129. The number of nitrogens with two attached hydrogens (primary N) is 1. The standard InChI is InChI=1S/C8H8O2.C3H10N2/c9-7-10-6-8-4-2-1-3-5-8;1-3(2)5-4/h1-5,7H,6H2;3,5H,4H2,1-2H3. The molecule has 0 aliphatic carbocycles. The first kappa shape index (κ1) is 13.6. The van der Waals surface area contributed by atoms with Crippen molar-refractivity contribution in [2.75, 3.05) is 0 Å². The molecule has 0 saturated heterocycles. The molecule has 0 aliphatic heterocycles. The molecule has 1 aromatic carbocycles. The number of rotatable bonds is 4. The van der Waals surface area contributed by atoms with Crippen LogP contribution in [0.1, 0.15) is 19.4 Å². The van der Waals surface area contributed by atoms with Crippen molar-refractivity contribution >= 4 is 6.47 Å². The molecule has 1 rings (SSSR count). The third kappa shape index (κ3) is 8.93. The van der Waals surface area contributed by atoms with Gasteiger partial charge in [-0.05, 0) is 19.4 Å². The van der Waals surface area contributed by atoms with Gasteiger partial charge in [-0.15, -0.1) is 0 Å². The predicted molar refractivity (Wildman–Crippen MR) is 59.8 cm³/mol. The molecule has 0 spiro atoms. The molecular weight excluding hydrogens is 192 g/mol. The SMILES string of the molecule is CC(C)NN.O=COCc1ccccc1. The number of nitrogens with one attached hydrogen (secondary N) is 1. The zero-order valence-electron chi connectivity index (χ0n) is 9.14. The molecule has 15 heavy (non-hydrogen) atoms. The van der Waals surface area contributed by atoms with Gasteiger partial charge in [-0.2, -0.15) is 0 Å². The van der Waals surface area contributed by atoms with E-state index in [4.69, 9.17) is 5.84 Å². The molecule has 0 atom stereocenters. The molecule has 0 aliphatic rings. The van der Waals surface area contributed by atoms with Gasteiger partial charge in [0.05, 0.1) is 0 Å². The number of hydrogen-bond acceptors (Lipinski definition) is 4. The highest BCUT2D eigenvalue weighted by molar-refractivity contribution is 5.37. The van der Waals surface area contributed by atoms with Crippen LogP contribution >= 0.6 is 0 Å². The number of hydrogen-bond donors (Lipinski definition) is 2. The third-order valence-corrected chi connectivity index (χ3v) is 1.49. The highest BCUT2D eigenvalue weighted by Gasteiger charge is 1.87. The second-order valence-electron chi connectivity index (χ2n) is 3.21. The number of hydrazine groups is 1. The molecule has 3 N–H and O–H groups in total. The molecule has 0 saturated carbocycles. The summed E-state index contributed by atoms with van der Waals surface area (Å²) in [6.07, 6.45) is 0. The van der Waals surface area contributed by atoms with Gasteiger partial charge in [0, 0.05) is 6.04 Å². The van der Waals surface area contributed by atoms with Gasteiger partial charge in [0.2, 0.25) is 0 Å². The van der Waals surface area contributed by atoms with Crippen molar-refractivity contribution in [3.05, 3.63) is 35.9 Å². The first-order valence-corrected chi connectivity index (χ1v) is 4.76. The van der Waals surface area contributed by atoms with Crippen LogP contribution in [0.4, 0.5) is 0 Å². The molecule has 0 amide bonds. The number of carbonyl (C=O) groups is 1. The predicted octanol–water partition coefficient (Wildman–Crippen LogP) is 1.22. The van der Waals surface area contributed by atoms with Crippen LogP contribution in [-0.4, -0.2) is 12.5 Å². The van der Waals surface area contributed by atoms with Crippen molar-refractivity contribution < 1.29 is 9.53 Å². The fourth-order valence-electron chi connectivity index (χ4n) is 0.704. The van der Waals surface area contributed by atoms with E-state index in [0.29, 0.717) is 19.1 Å². The van der Waals surface area contributed by atoms with Crippen LogP contribution in [0.3, 0.4) is 0 Å². The molecule has 1 aromatic rings. The summed E-state index contributed by atoms with van der Waals surface area (Å²) in [6.45, 7) is 4.79. The Bertz CT molecular complexity index is 250. The van der Waals surface area contributed by atoms with E-state index >= 15 is 0 Å². The summed E-state index contributed by atoms with van der Waals surface area (Å²) in [4.78, 5) is 9.76. The highest BCUT2D eigenvalue weighted by atomic mass is 16.5. The van der Waals surface area contributed by atoms with Crippen molar-refractivity contribution in [3.8, 4) is 0 Å². The molecule has 0 bridgehead atoms. The number of carbonyl (C=O) groups excluding carboxylic acids is 1. The van der Waals surface area contributed by atoms with E-state index in [-0.39, 0.29) is 0 Å². The monoisotopic (exact) mass is 210 g/mol.